The van der Waals surface area contributed by atoms with Gasteiger partial charge < -0.3 is 10.5 Å². The van der Waals surface area contributed by atoms with Gasteiger partial charge in [0.2, 0.25) is 5.96 Å². The lowest BCUT2D eigenvalue weighted by molar-refractivity contribution is -0.0158. The highest BCUT2D eigenvalue weighted by Gasteiger charge is 2.02. The third-order valence-corrected chi connectivity index (χ3v) is 2.05. The Bertz CT molecular complexity index is 324. The van der Waals surface area contributed by atoms with E-state index in [2.05, 4.69) is 0 Å². The van der Waals surface area contributed by atoms with Crippen LogP contribution in [-0.2, 0) is 6.42 Å². The summed E-state index contributed by atoms with van der Waals surface area (Å²) < 4.78 is 5.02. The Morgan fingerprint density at radius 2 is 2.07 bits per heavy atom. The molecule has 0 unspecified atom stereocenters. The van der Waals surface area contributed by atoms with Crippen molar-refractivity contribution in [1.82, 2.24) is 5.06 Å². The van der Waals surface area contributed by atoms with Crippen LogP contribution < -0.4 is 10.5 Å². The van der Waals surface area contributed by atoms with Crippen molar-refractivity contribution < 1.29 is 9.94 Å². The average Bonchev–Trinajstić information content (AvgIpc) is 2.26. The quantitative estimate of drug-likeness (QED) is 0.389. The maximum atomic E-state index is 9.15. The van der Waals surface area contributed by atoms with Crippen molar-refractivity contribution in [3.63, 3.8) is 0 Å². The van der Waals surface area contributed by atoms with Gasteiger partial charge in [-0.2, -0.15) is 0 Å². The summed E-state index contributed by atoms with van der Waals surface area (Å²) in [6.45, 7) is 0.307. The minimum atomic E-state index is -0.344. The van der Waals surface area contributed by atoms with Crippen LogP contribution in [0.4, 0.5) is 0 Å². The second kappa shape index (κ2) is 5.21. The highest BCUT2D eigenvalue weighted by molar-refractivity contribution is 5.73. The molecule has 0 spiro atoms. The predicted octanol–water partition coefficient (Wildman–Crippen LogP) is 0.822. The molecule has 0 aliphatic heterocycles. The first-order valence-electron chi connectivity index (χ1n) is 4.57. The lowest BCUT2D eigenvalue weighted by Crippen LogP contribution is -2.34. The van der Waals surface area contributed by atoms with Gasteiger partial charge in [-0.15, -0.1) is 0 Å². The normalized spacial score (nSPS) is 9.73. The Kier molecular flexibility index (Phi) is 3.93. The van der Waals surface area contributed by atoms with E-state index in [1.54, 1.807) is 7.11 Å². The molecular weight excluding hydrogens is 194 g/mol. The fourth-order valence-corrected chi connectivity index (χ4v) is 1.15. The number of hydrogen-bond donors (Lipinski definition) is 3. The van der Waals surface area contributed by atoms with E-state index >= 15 is 0 Å². The van der Waals surface area contributed by atoms with E-state index in [0.717, 1.165) is 11.3 Å². The van der Waals surface area contributed by atoms with E-state index in [1.807, 2.05) is 24.3 Å². The smallest absolute Gasteiger partial charge is 0.212 e. The van der Waals surface area contributed by atoms with Gasteiger partial charge in [0.1, 0.15) is 5.75 Å². The number of nitrogens with zero attached hydrogens (tertiary/aromatic N) is 1. The van der Waals surface area contributed by atoms with E-state index < -0.39 is 0 Å². The monoisotopic (exact) mass is 209 g/mol. The molecule has 0 aromatic heterocycles. The van der Waals surface area contributed by atoms with Gasteiger partial charge in [0, 0.05) is 0 Å². The molecule has 0 saturated heterocycles. The van der Waals surface area contributed by atoms with Crippen LogP contribution in [0.3, 0.4) is 0 Å². The van der Waals surface area contributed by atoms with Crippen LogP contribution >= 0.6 is 0 Å². The minimum Gasteiger partial charge on any atom is -0.497 e. The van der Waals surface area contributed by atoms with Crippen LogP contribution in [0, 0.1) is 5.41 Å². The van der Waals surface area contributed by atoms with Crippen LogP contribution in [0.1, 0.15) is 5.56 Å². The fraction of sp³-hybridized carbons (Fsp3) is 0.300. The molecule has 1 rings (SSSR count). The number of methoxy groups -OCH3 is 1. The summed E-state index contributed by atoms with van der Waals surface area (Å²) in [6, 6.07) is 7.52. The van der Waals surface area contributed by atoms with Crippen LogP contribution in [0.2, 0.25) is 0 Å². The molecule has 0 aliphatic carbocycles. The Balaban J connectivity index is 2.47. The van der Waals surface area contributed by atoms with Gasteiger partial charge in [-0.3, -0.25) is 10.6 Å². The van der Waals surface area contributed by atoms with Crippen molar-refractivity contribution in [2.45, 2.75) is 6.42 Å². The summed E-state index contributed by atoms with van der Waals surface area (Å²) in [5.74, 6) is 0.453. The second-order valence-electron chi connectivity index (χ2n) is 3.11. The van der Waals surface area contributed by atoms with Crippen LogP contribution in [0.25, 0.3) is 0 Å². The number of guanidine groups is 1. The second-order valence-corrected chi connectivity index (χ2v) is 3.11. The summed E-state index contributed by atoms with van der Waals surface area (Å²) in [5.41, 5.74) is 6.14. The third kappa shape index (κ3) is 3.47. The maximum Gasteiger partial charge on any atom is 0.212 e. The Morgan fingerprint density at radius 3 is 2.53 bits per heavy atom. The highest BCUT2D eigenvalue weighted by Crippen LogP contribution is 2.11. The first kappa shape index (κ1) is 11.3. The molecule has 0 atom stereocenters. The molecule has 0 saturated carbocycles. The Labute approximate surface area is 88.5 Å². The molecule has 0 fully saturated rings. The number of benzene rings is 1. The van der Waals surface area contributed by atoms with Gasteiger partial charge in [-0.25, -0.2) is 5.06 Å². The summed E-state index contributed by atoms with van der Waals surface area (Å²) in [7, 11) is 1.61. The number of hydrogen-bond acceptors (Lipinski definition) is 3. The van der Waals surface area contributed by atoms with E-state index in [0.29, 0.717) is 18.0 Å². The average molecular weight is 209 g/mol. The third-order valence-electron chi connectivity index (χ3n) is 2.05. The molecule has 5 heteroatoms. The zero-order chi connectivity index (χ0) is 11.3. The first-order valence-corrected chi connectivity index (χ1v) is 4.57. The van der Waals surface area contributed by atoms with Gasteiger partial charge in [0.05, 0.1) is 13.7 Å². The first-order chi connectivity index (χ1) is 7.13. The van der Waals surface area contributed by atoms with Crippen molar-refractivity contribution in [1.29, 1.82) is 5.41 Å². The number of nitrogens with one attached hydrogen (secondary N) is 1. The zero-order valence-corrected chi connectivity index (χ0v) is 8.60. The molecule has 5 nitrogen and oxygen atoms in total. The van der Waals surface area contributed by atoms with Gasteiger partial charge in [-0.1, -0.05) is 12.1 Å². The van der Waals surface area contributed by atoms with Crippen LogP contribution in [0.5, 0.6) is 5.75 Å². The highest BCUT2D eigenvalue weighted by atomic mass is 16.5. The summed E-state index contributed by atoms with van der Waals surface area (Å²) in [4.78, 5) is 0. The lowest BCUT2D eigenvalue weighted by Gasteiger charge is -2.13. The lowest BCUT2D eigenvalue weighted by atomic mass is 10.1. The maximum absolute atomic E-state index is 9.15. The fourth-order valence-electron chi connectivity index (χ4n) is 1.15. The number of ether oxygens (including phenoxy) is 1. The molecular formula is C10H15N3O2. The number of hydroxylamine groups is 2. The van der Waals surface area contributed by atoms with E-state index in [4.69, 9.17) is 21.1 Å². The summed E-state index contributed by atoms with van der Waals surface area (Å²) >= 11 is 0. The van der Waals surface area contributed by atoms with E-state index in [-0.39, 0.29) is 5.96 Å². The Morgan fingerprint density at radius 1 is 1.47 bits per heavy atom. The van der Waals surface area contributed by atoms with Crippen molar-refractivity contribution >= 4 is 5.96 Å². The van der Waals surface area contributed by atoms with Gasteiger partial charge in [0.25, 0.3) is 0 Å². The molecule has 0 amide bonds. The molecule has 0 radical (unpaired) electrons. The summed E-state index contributed by atoms with van der Waals surface area (Å²) in [6.07, 6.45) is 0.625. The number of nitrogens with two attached hydrogens (primary N) is 1. The minimum absolute atomic E-state index is 0.307. The molecule has 82 valence electrons. The van der Waals surface area contributed by atoms with Crippen molar-refractivity contribution in [2.24, 2.45) is 5.73 Å². The van der Waals surface area contributed by atoms with E-state index in [1.165, 1.54) is 0 Å². The molecule has 0 heterocycles. The topological polar surface area (TPSA) is 82.6 Å². The molecule has 1 aromatic rings. The van der Waals surface area contributed by atoms with Crippen molar-refractivity contribution in [2.75, 3.05) is 13.7 Å². The van der Waals surface area contributed by atoms with Gasteiger partial charge in [-0.05, 0) is 24.1 Å². The predicted molar refractivity (Wildman–Crippen MR) is 57.1 cm³/mol. The summed E-state index contributed by atoms with van der Waals surface area (Å²) in [5, 5.41) is 16.8. The largest absolute Gasteiger partial charge is 0.497 e. The molecule has 15 heavy (non-hydrogen) atoms. The SMILES string of the molecule is COc1ccc(CCN(O)C(=N)N)cc1. The molecule has 1 aromatic carbocycles. The molecule has 0 aliphatic rings. The molecule has 4 N–H and O–H groups in total. The standard InChI is InChI=1S/C10H15N3O2/c1-15-9-4-2-8(3-5-9)6-7-13(14)10(11)12/h2-5,14H,6-7H2,1H3,(H3,11,12). The number of rotatable bonds is 4. The van der Waals surface area contributed by atoms with Crippen LogP contribution in [0.15, 0.2) is 24.3 Å². The molecule has 0 bridgehead atoms. The van der Waals surface area contributed by atoms with Crippen molar-refractivity contribution in [3.05, 3.63) is 29.8 Å². The zero-order valence-electron chi connectivity index (χ0n) is 8.60. The van der Waals surface area contributed by atoms with Gasteiger partial charge >= 0.3 is 0 Å². The van der Waals surface area contributed by atoms with Crippen molar-refractivity contribution in [3.8, 4) is 5.75 Å². The Hall–Kier alpha value is -1.75. The van der Waals surface area contributed by atoms with Crippen LogP contribution in [-0.4, -0.2) is 29.9 Å². The van der Waals surface area contributed by atoms with E-state index in [9.17, 15) is 0 Å². The van der Waals surface area contributed by atoms with Gasteiger partial charge in [0.15, 0.2) is 0 Å².